The van der Waals surface area contributed by atoms with Gasteiger partial charge in [-0.25, -0.2) is 15.0 Å². The molecular formula is C51H31N3OS. The molecule has 0 amide bonds. The Kier molecular flexibility index (Phi) is 7.64. The minimum absolute atomic E-state index is 0.589. The van der Waals surface area contributed by atoms with Crippen LogP contribution >= 0.6 is 11.3 Å². The summed E-state index contributed by atoms with van der Waals surface area (Å²) in [4.78, 5) is 15.0. The molecule has 0 fully saturated rings. The summed E-state index contributed by atoms with van der Waals surface area (Å²) in [6.07, 6.45) is 0. The van der Waals surface area contributed by atoms with E-state index in [-0.39, 0.29) is 0 Å². The number of rotatable bonds is 6. The summed E-state index contributed by atoms with van der Waals surface area (Å²) in [5.41, 5.74) is 11.2. The van der Waals surface area contributed by atoms with Gasteiger partial charge in [-0.05, 0) is 75.8 Å². The third-order valence-electron chi connectivity index (χ3n) is 10.6. The SMILES string of the molecule is c1ccc(-c2cccc(-c3nc(-c4ccccc4)nc(-c4ccc5c(c4)oc4cc(-c6ccccc6-c6ccc7c(c6)sc6ccccc67)ccc45)n3)c2)cc1. The highest BCUT2D eigenvalue weighted by atomic mass is 32.1. The van der Waals surface area contributed by atoms with Gasteiger partial charge in [0.15, 0.2) is 17.5 Å². The van der Waals surface area contributed by atoms with E-state index in [1.54, 1.807) is 0 Å². The Morgan fingerprint density at radius 2 is 0.786 bits per heavy atom. The largest absolute Gasteiger partial charge is 0.456 e. The zero-order valence-corrected chi connectivity index (χ0v) is 30.9. The standard InChI is InChI=1S/C51H31N3OS/c1-3-12-32(13-4-1)34-16-11-17-37(28-34)50-52-49(33-14-5-2-6-15-33)53-51(54-50)38-24-26-42-41-25-22-35(29-45(41)55-46(42)30-38)39-18-7-8-19-40(39)36-23-27-44-43-20-9-10-21-47(43)56-48(44)31-36/h1-31H. The van der Waals surface area contributed by atoms with Crippen LogP contribution in [-0.4, -0.2) is 15.0 Å². The first-order chi connectivity index (χ1) is 27.7. The van der Waals surface area contributed by atoms with E-state index in [4.69, 9.17) is 19.4 Å². The van der Waals surface area contributed by atoms with Crippen molar-refractivity contribution in [3.8, 4) is 67.5 Å². The fourth-order valence-electron chi connectivity index (χ4n) is 7.78. The summed E-state index contributed by atoms with van der Waals surface area (Å²) in [5, 5.41) is 4.73. The van der Waals surface area contributed by atoms with E-state index in [2.05, 4.69) is 152 Å². The van der Waals surface area contributed by atoms with Crippen molar-refractivity contribution in [1.29, 1.82) is 0 Å². The molecule has 3 aromatic heterocycles. The lowest BCUT2D eigenvalue weighted by atomic mass is 9.93. The van der Waals surface area contributed by atoms with Crippen LogP contribution in [0, 0.1) is 0 Å². The number of nitrogens with zero attached hydrogens (tertiary/aromatic N) is 3. The zero-order chi connectivity index (χ0) is 37.0. The van der Waals surface area contributed by atoms with Gasteiger partial charge in [0.25, 0.3) is 0 Å². The van der Waals surface area contributed by atoms with E-state index in [0.717, 1.165) is 55.3 Å². The molecule has 0 unspecified atom stereocenters. The number of hydrogen-bond donors (Lipinski definition) is 0. The van der Waals surface area contributed by atoms with Gasteiger partial charge >= 0.3 is 0 Å². The van der Waals surface area contributed by atoms with Crippen molar-refractivity contribution in [3.63, 3.8) is 0 Å². The number of benzene rings is 8. The maximum Gasteiger partial charge on any atom is 0.164 e. The van der Waals surface area contributed by atoms with Gasteiger partial charge in [0.1, 0.15) is 11.2 Å². The highest BCUT2D eigenvalue weighted by Gasteiger charge is 2.17. The predicted molar refractivity (Wildman–Crippen MR) is 233 cm³/mol. The van der Waals surface area contributed by atoms with Crippen LogP contribution in [0.15, 0.2) is 192 Å². The number of aromatic nitrogens is 3. The van der Waals surface area contributed by atoms with E-state index in [0.29, 0.717) is 17.5 Å². The molecule has 0 radical (unpaired) electrons. The third kappa shape index (κ3) is 5.65. The molecule has 0 aliphatic carbocycles. The molecule has 5 heteroatoms. The van der Waals surface area contributed by atoms with Crippen LogP contribution in [0.5, 0.6) is 0 Å². The molecule has 0 atom stereocenters. The molecule has 3 heterocycles. The molecule has 0 bridgehead atoms. The number of furan rings is 1. The summed E-state index contributed by atoms with van der Waals surface area (Å²) in [5.74, 6) is 1.83. The Balaban J connectivity index is 0.991. The molecule has 56 heavy (non-hydrogen) atoms. The topological polar surface area (TPSA) is 51.8 Å². The average Bonchev–Trinajstić information content (AvgIpc) is 3.84. The molecule has 0 N–H and O–H groups in total. The fraction of sp³-hybridized carbons (Fsp3) is 0. The van der Waals surface area contributed by atoms with E-state index in [1.807, 2.05) is 47.7 Å². The van der Waals surface area contributed by atoms with Crippen LogP contribution < -0.4 is 0 Å². The van der Waals surface area contributed by atoms with E-state index in [1.165, 1.54) is 36.9 Å². The highest BCUT2D eigenvalue weighted by molar-refractivity contribution is 7.25. The van der Waals surface area contributed by atoms with Crippen LogP contribution in [0.4, 0.5) is 0 Å². The van der Waals surface area contributed by atoms with Gasteiger partial charge < -0.3 is 4.42 Å². The smallest absolute Gasteiger partial charge is 0.164 e. The summed E-state index contributed by atoms with van der Waals surface area (Å²) in [7, 11) is 0. The predicted octanol–water partition coefficient (Wildman–Crippen LogP) is 14.1. The molecule has 262 valence electrons. The van der Waals surface area contributed by atoms with Gasteiger partial charge in [-0.15, -0.1) is 11.3 Å². The van der Waals surface area contributed by atoms with Crippen molar-refractivity contribution < 1.29 is 4.42 Å². The molecule has 8 aromatic carbocycles. The summed E-state index contributed by atoms with van der Waals surface area (Å²) in [6, 6.07) is 65.7. The van der Waals surface area contributed by atoms with Crippen LogP contribution in [0.3, 0.4) is 0 Å². The summed E-state index contributed by atoms with van der Waals surface area (Å²) < 4.78 is 9.25. The van der Waals surface area contributed by atoms with Crippen molar-refractivity contribution in [2.75, 3.05) is 0 Å². The van der Waals surface area contributed by atoms with Gasteiger partial charge in [0.2, 0.25) is 0 Å². The second kappa shape index (κ2) is 13.3. The Morgan fingerprint density at radius 1 is 0.304 bits per heavy atom. The summed E-state index contributed by atoms with van der Waals surface area (Å²) in [6.45, 7) is 0. The van der Waals surface area contributed by atoms with Gasteiger partial charge in [0, 0.05) is 47.6 Å². The molecule has 0 aliphatic rings. The van der Waals surface area contributed by atoms with Crippen LogP contribution in [0.1, 0.15) is 0 Å². The Labute approximate surface area is 327 Å². The number of thiophene rings is 1. The molecular weight excluding hydrogens is 703 g/mol. The fourth-order valence-corrected chi connectivity index (χ4v) is 8.93. The van der Waals surface area contributed by atoms with Crippen molar-refractivity contribution in [2.45, 2.75) is 0 Å². The van der Waals surface area contributed by atoms with Gasteiger partial charge in [-0.1, -0.05) is 146 Å². The third-order valence-corrected chi connectivity index (χ3v) is 11.7. The molecule has 0 saturated heterocycles. The quantitative estimate of drug-likeness (QED) is 0.171. The van der Waals surface area contributed by atoms with Crippen LogP contribution in [-0.2, 0) is 0 Å². The van der Waals surface area contributed by atoms with E-state index < -0.39 is 0 Å². The lowest BCUT2D eigenvalue weighted by molar-refractivity contribution is 0.669. The zero-order valence-electron chi connectivity index (χ0n) is 30.1. The highest BCUT2D eigenvalue weighted by Crippen LogP contribution is 2.41. The first-order valence-electron chi connectivity index (χ1n) is 18.7. The van der Waals surface area contributed by atoms with Gasteiger partial charge in [0.05, 0.1) is 0 Å². The van der Waals surface area contributed by atoms with E-state index in [9.17, 15) is 0 Å². The molecule has 0 saturated carbocycles. The Hall–Kier alpha value is -7.21. The maximum absolute atomic E-state index is 6.64. The second-order valence-electron chi connectivity index (χ2n) is 14.0. The van der Waals surface area contributed by atoms with E-state index >= 15 is 0 Å². The minimum atomic E-state index is 0.589. The number of hydrogen-bond acceptors (Lipinski definition) is 5. The normalized spacial score (nSPS) is 11.6. The second-order valence-corrected chi connectivity index (χ2v) is 15.1. The van der Waals surface area contributed by atoms with Crippen molar-refractivity contribution in [1.82, 2.24) is 15.0 Å². The molecule has 0 aliphatic heterocycles. The molecule has 0 spiro atoms. The van der Waals surface area contributed by atoms with Gasteiger partial charge in [-0.3, -0.25) is 0 Å². The first kappa shape index (κ1) is 32.2. The van der Waals surface area contributed by atoms with Crippen molar-refractivity contribution in [2.24, 2.45) is 0 Å². The molecule has 4 nitrogen and oxygen atoms in total. The van der Waals surface area contributed by atoms with Crippen molar-refractivity contribution in [3.05, 3.63) is 188 Å². The van der Waals surface area contributed by atoms with Crippen LogP contribution in [0.2, 0.25) is 0 Å². The van der Waals surface area contributed by atoms with Crippen molar-refractivity contribution >= 4 is 53.4 Å². The minimum Gasteiger partial charge on any atom is -0.456 e. The first-order valence-corrected chi connectivity index (χ1v) is 19.5. The lowest BCUT2D eigenvalue weighted by Crippen LogP contribution is -2.00. The van der Waals surface area contributed by atoms with Crippen LogP contribution in [0.25, 0.3) is 110 Å². The maximum atomic E-state index is 6.64. The molecule has 11 aromatic rings. The number of fused-ring (bicyclic) bond motifs is 6. The molecule has 11 rings (SSSR count). The average molecular weight is 734 g/mol. The monoisotopic (exact) mass is 733 g/mol. The lowest BCUT2D eigenvalue weighted by Gasteiger charge is -2.10. The Bertz CT molecular complexity index is 3260. The Morgan fingerprint density at radius 3 is 1.50 bits per heavy atom. The summed E-state index contributed by atoms with van der Waals surface area (Å²) >= 11 is 1.85. The van der Waals surface area contributed by atoms with Gasteiger partial charge in [-0.2, -0.15) is 0 Å².